The summed E-state index contributed by atoms with van der Waals surface area (Å²) in [6, 6.07) is 26.0. The smallest absolute Gasteiger partial charge is 0.250 e. The van der Waals surface area contributed by atoms with Gasteiger partial charge in [0.05, 0.1) is 13.2 Å². The summed E-state index contributed by atoms with van der Waals surface area (Å²) in [5, 5.41) is 7.70. The fraction of sp³-hybridized carbons (Fsp3) is 0.148. The average molecular weight is 558 g/mol. The number of nitrogens with zero attached hydrogens (tertiary/aromatic N) is 5. The number of ether oxygens (including phenoxy) is 1. The van der Waals surface area contributed by atoms with Crippen molar-refractivity contribution in [3.63, 3.8) is 0 Å². The van der Waals surface area contributed by atoms with E-state index in [9.17, 15) is 4.79 Å². The summed E-state index contributed by atoms with van der Waals surface area (Å²) in [5.74, 6) is 0.838. The molecule has 3 aromatic carbocycles. The number of hydrogen-bond donors (Lipinski definition) is 2. The van der Waals surface area contributed by atoms with Gasteiger partial charge in [0.15, 0.2) is 0 Å². The second-order valence-electron chi connectivity index (χ2n) is 8.15. The van der Waals surface area contributed by atoms with Gasteiger partial charge in [0.2, 0.25) is 23.6 Å². The molecule has 1 aliphatic heterocycles. The van der Waals surface area contributed by atoms with Gasteiger partial charge in [-0.2, -0.15) is 20.1 Å². The molecule has 186 valence electrons. The van der Waals surface area contributed by atoms with Gasteiger partial charge < -0.3 is 15.0 Å². The van der Waals surface area contributed by atoms with Crippen molar-refractivity contribution in [1.82, 2.24) is 15.0 Å². The molecule has 1 saturated heterocycles. The lowest BCUT2D eigenvalue weighted by atomic mass is 10.0. The molecule has 10 heteroatoms. The molecule has 4 aromatic rings. The highest BCUT2D eigenvalue weighted by atomic mass is 79.9. The summed E-state index contributed by atoms with van der Waals surface area (Å²) >= 11 is 3.49. The maximum atomic E-state index is 13.4. The lowest BCUT2D eigenvalue weighted by Crippen LogP contribution is -2.37. The number of aromatic nitrogens is 3. The van der Waals surface area contributed by atoms with Crippen LogP contribution in [0, 0.1) is 0 Å². The number of morpholine rings is 1. The molecule has 37 heavy (non-hydrogen) atoms. The molecule has 5 rings (SSSR count). The Morgan fingerprint density at radius 1 is 0.838 bits per heavy atom. The number of hydrogen-bond acceptors (Lipinski definition) is 9. The van der Waals surface area contributed by atoms with E-state index in [0.29, 0.717) is 49.3 Å². The summed E-state index contributed by atoms with van der Waals surface area (Å²) in [5.41, 5.74) is 5.19. The quantitative estimate of drug-likeness (QED) is 0.179. The first-order chi connectivity index (χ1) is 18.2. The van der Waals surface area contributed by atoms with Crippen LogP contribution < -0.4 is 15.6 Å². The minimum atomic E-state index is -0.214. The number of benzene rings is 3. The van der Waals surface area contributed by atoms with Crippen LogP contribution in [0.4, 0.5) is 23.5 Å². The van der Waals surface area contributed by atoms with E-state index in [2.05, 4.69) is 46.7 Å². The predicted octanol–water partition coefficient (Wildman–Crippen LogP) is 4.91. The molecular formula is C27H24BrN7O2. The maximum absolute atomic E-state index is 13.4. The second-order valence-corrected chi connectivity index (χ2v) is 9.07. The zero-order valence-electron chi connectivity index (χ0n) is 19.8. The van der Waals surface area contributed by atoms with Crippen LogP contribution in [-0.2, 0) is 4.74 Å². The predicted molar refractivity (Wildman–Crippen MR) is 148 cm³/mol. The highest BCUT2D eigenvalue weighted by Crippen LogP contribution is 2.21. The van der Waals surface area contributed by atoms with Crippen molar-refractivity contribution in [2.75, 3.05) is 41.9 Å². The molecular weight excluding hydrogens is 534 g/mol. The third-order valence-corrected chi connectivity index (χ3v) is 6.06. The summed E-state index contributed by atoms with van der Waals surface area (Å²) in [4.78, 5) is 29.1. The molecule has 1 aromatic heterocycles. The topological polar surface area (TPSA) is 105 Å². The maximum Gasteiger partial charge on any atom is 0.250 e. The largest absolute Gasteiger partial charge is 0.378 e. The average Bonchev–Trinajstić information content (AvgIpc) is 2.94. The van der Waals surface area contributed by atoms with Crippen molar-refractivity contribution in [3.05, 3.63) is 101 Å². The van der Waals surface area contributed by atoms with Crippen LogP contribution in [0.15, 0.2) is 94.5 Å². The molecule has 0 bridgehead atoms. The number of carbonyl (C=O) groups excluding carboxylic acids is 1. The SMILES string of the molecule is O=C(/C(=N/Nc1nc(Nc2cccc(Br)c2)nc(N2CCOCC2)n1)c1ccccc1)c1ccccc1. The monoisotopic (exact) mass is 557 g/mol. The van der Waals surface area contributed by atoms with E-state index in [4.69, 9.17) is 4.74 Å². The van der Waals surface area contributed by atoms with Gasteiger partial charge in [0.25, 0.3) is 0 Å². The number of nitrogens with one attached hydrogen (secondary N) is 2. The molecule has 0 spiro atoms. The molecule has 9 nitrogen and oxygen atoms in total. The molecule has 0 saturated carbocycles. The van der Waals surface area contributed by atoms with Crippen molar-refractivity contribution in [2.45, 2.75) is 0 Å². The van der Waals surface area contributed by atoms with Gasteiger partial charge >= 0.3 is 0 Å². The van der Waals surface area contributed by atoms with Crippen LogP contribution in [0.5, 0.6) is 0 Å². The number of rotatable bonds is 8. The van der Waals surface area contributed by atoms with Crippen LogP contribution in [0.2, 0.25) is 0 Å². The summed E-state index contributed by atoms with van der Waals surface area (Å²) in [6.45, 7) is 2.49. The Morgan fingerprint density at radius 3 is 2.22 bits per heavy atom. The first-order valence-electron chi connectivity index (χ1n) is 11.8. The van der Waals surface area contributed by atoms with E-state index in [1.807, 2.05) is 77.7 Å². The van der Waals surface area contributed by atoms with Crippen molar-refractivity contribution in [1.29, 1.82) is 0 Å². The lowest BCUT2D eigenvalue weighted by Gasteiger charge is -2.27. The molecule has 0 atom stereocenters. The first-order valence-corrected chi connectivity index (χ1v) is 12.6. The molecule has 2 heterocycles. The van der Waals surface area contributed by atoms with Gasteiger partial charge in [-0.15, -0.1) is 0 Å². The Kier molecular flexibility index (Phi) is 7.78. The van der Waals surface area contributed by atoms with E-state index in [1.165, 1.54) is 0 Å². The Bertz CT molecular complexity index is 1390. The van der Waals surface area contributed by atoms with Gasteiger partial charge in [-0.25, -0.2) is 5.43 Å². The van der Waals surface area contributed by atoms with Crippen molar-refractivity contribution in [2.24, 2.45) is 5.10 Å². The van der Waals surface area contributed by atoms with Crippen molar-refractivity contribution >= 4 is 51.0 Å². The van der Waals surface area contributed by atoms with Crippen LogP contribution in [0.25, 0.3) is 0 Å². The number of carbonyl (C=O) groups is 1. The number of hydrazone groups is 1. The molecule has 0 radical (unpaired) electrons. The minimum Gasteiger partial charge on any atom is -0.378 e. The van der Waals surface area contributed by atoms with Crippen LogP contribution >= 0.6 is 15.9 Å². The molecule has 2 N–H and O–H groups in total. The summed E-state index contributed by atoms with van der Waals surface area (Å²) in [7, 11) is 0. The van der Waals surface area contributed by atoms with Crippen LogP contribution in [0.3, 0.4) is 0 Å². The standard InChI is InChI=1S/C27H24BrN7O2/c28-21-12-7-13-22(18-21)29-25-30-26(32-27(31-25)35-14-16-37-17-15-35)34-33-23(19-8-3-1-4-9-19)24(36)20-10-5-2-6-11-20/h1-13,18H,14-17H2,(H2,29,30,31,32,34)/b33-23+. The zero-order chi connectivity index (χ0) is 25.5. The summed E-state index contributed by atoms with van der Waals surface area (Å²) < 4.78 is 6.40. The van der Waals surface area contributed by atoms with Crippen molar-refractivity contribution < 1.29 is 9.53 Å². The number of ketones is 1. The van der Waals surface area contributed by atoms with E-state index >= 15 is 0 Å². The fourth-order valence-electron chi connectivity index (χ4n) is 3.75. The van der Waals surface area contributed by atoms with Gasteiger partial charge in [-0.05, 0) is 18.2 Å². The molecule has 0 unspecified atom stereocenters. The summed E-state index contributed by atoms with van der Waals surface area (Å²) in [6.07, 6.45) is 0. The van der Waals surface area contributed by atoms with Crippen LogP contribution in [-0.4, -0.2) is 52.8 Å². The third kappa shape index (κ3) is 6.35. The van der Waals surface area contributed by atoms with E-state index < -0.39 is 0 Å². The Balaban J connectivity index is 1.50. The normalized spacial score (nSPS) is 13.8. The third-order valence-electron chi connectivity index (χ3n) is 5.56. The van der Waals surface area contributed by atoms with Crippen LogP contribution in [0.1, 0.15) is 15.9 Å². The molecule has 1 fully saturated rings. The molecule has 0 aliphatic carbocycles. The fourth-order valence-corrected chi connectivity index (χ4v) is 4.14. The zero-order valence-corrected chi connectivity index (χ0v) is 21.4. The van der Waals surface area contributed by atoms with Gasteiger partial charge in [-0.1, -0.05) is 82.7 Å². The number of anilines is 4. The van der Waals surface area contributed by atoms with Gasteiger partial charge in [0, 0.05) is 34.4 Å². The number of halogens is 1. The lowest BCUT2D eigenvalue weighted by molar-refractivity contribution is 0.106. The highest BCUT2D eigenvalue weighted by Gasteiger charge is 2.19. The first kappa shape index (κ1) is 24.5. The van der Waals surface area contributed by atoms with Crippen molar-refractivity contribution in [3.8, 4) is 0 Å². The van der Waals surface area contributed by atoms with Gasteiger partial charge in [-0.3, -0.25) is 4.79 Å². The Labute approximate surface area is 222 Å². The minimum absolute atomic E-state index is 0.211. The second kappa shape index (κ2) is 11.7. The Hall–Kier alpha value is -4.15. The molecule has 1 aliphatic rings. The van der Waals surface area contributed by atoms with E-state index in [1.54, 1.807) is 12.1 Å². The number of Topliss-reactive ketones (excluding diaryl/α,β-unsaturated/α-hetero) is 1. The van der Waals surface area contributed by atoms with E-state index in [0.717, 1.165) is 10.2 Å². The van der Waals surface area contributed by atoms with E-state index in [-0.39, 0.29) is 17.4 Å². The molecule has 0 amide bonds. The highest BCUT2D eigenvalue weighted by molar-refractivity contribution is 9.10. The Morgan fingerprint density at radius 2 is 1.51 bits per heavy atom. The van der Waals surface area contributed by atoms with Gasteiger partial charge in [0.1, 0.15) is 5.71 Å².